The molecule has 108 valence electrons. The average molecular weight is 311 g/mol. The number of nitriles is 2. The van der Waals surface area contributed by atoms with Gasteiger partial charge in [0.1, 0.15) is 17.9 Å². The number of aliphatic imine (C=N–C) groups is 1. The van der Waals surface area contributed by atoms with Gasteiger partial charge in [-0.1, -0.05) is 23.7 Å². The summed E-state index contributed by atoms with van der Waals surface area (Å²) in [5.74, 6) is 0.500. The molecule has 0 amide bonds. The van der Waals surface area contributed by atoms with Gasteiger partial charge in [-0.15, -0.1) is 0 Å². The Morgan fingerprint density at radius 1 is 1.27 bits per heavy atom. The SMILES string of the molecule is N#CC(N=Cc1ccco1)=C(C#N)NCc1cccc(Cl)c1. The molecule has 0 atom stereocenters. The van der Waals surface area contributed by atoms with Crippen LogP contribution in [0, 0.1) is 22.7 Å². The Hall–Kier alpha value is -3.02. The van der Waals surface area contributed by atoms with E-state index in [4.69, 9.17) is 21.3 Å². The smallest absolute Gasteiger partial charge is 0.174 e. The molecular formula is C16H11ClN4O. The molecule has 0 saturated heterocycles. The van der Waals surface area contributed by atoms with Gasteiger partial charge in [0.05, 0.1) is 12.5 Å². The minimum Gasteiger partial charge on any atom is -0.463 e. The predicted octanol–water partition coefficient (Wildman–Crippen LogP) is 3.40. The second-order valence-corrected chi connectivity index (χ2v) is 4.64. The van der Waals surface area contributed by atoms with Crippen molar-refractivity contribution < 1.29 is 4.42 Å². The van der Waals surface area contributed by atoms with Gasteiger partial charge in [0.15, 0.2) is 11.4 Å². The van der Waals surface area contributed by atoms with Gasteiger partial charge in [0, 0.05) is 11.6 Å². The first-order chi connectivity index (χ1) is 10.7. The van der Waals surface area contributed by atoms with Crippen molar-refractivity contribution in [2.75, 3.05) is 0 Å². The third-order valence-electron chi connectivity index (χ3n) is 2.68. The van der Waals surface area contributed by atoms with Crippen molar-refractivity contribution in [1.29, 1.82) is 10.5 Å². The Balaban J connectivity index is 2.13. The molecule has 0 radical (unpaired) electrons. The molecule has 0 saturated carbocycles. The minimum absolute atomic E-state index is 0.0130. The van der Waals surface area contributed by atoms with Crippen LogP contribution in [0.25, 0.3) is 0 Å². The molecule has 0 fully saturated rings. The maximum absolute atomic E-state index is 9.17. The molecule has 1 aromatic heterocycles. The topological polar surface area (TPSA) is 85.1 Å². The van der Waals surface area contributed by atoms with Crippen molar-refractivity contribution >= 4 is 17.8 Å². The fourth-order valence-electron chi connectivity index (χ4n) is 1.66. The number of nitrogens with one attached hydrogen (secondary N) is 1. The fourth-order valence-corrected chi connectivity index (χ4v) is 1.87. The molecule has 0 bridgehead atoms. The number of hydrogen-bond donors (Lipinski definition) is 1. The number of furan rings is 1. The predicted molar refractivity (Wildman–Crippen MR) is 82.8 cm³/mol. The largest absolute Gasteiger partial charge is 0.463 e. The zero-order valence-electron chi connectivity index (χ0n) is 11.5. The fraction of sp³-hybridized carbons (Fsp3) is 0.0625. The third-order valence-corrected chi connectivity index (χ3v) is 2.91. The van der Waals surface area contributed by atoms with Gasteiger partial charge in [0.25, 0.3) is 0 Å². The zero-order valence-corrected chi connectivity index (χ0v) is 12.2. The summed E-state index contributed by atoms with van der Waals surface area (Å²) in [5.41, 5.74) is 0.971. The summed E-state index contributed by atoms with van der Waals surface area (Å²) in [7, 11) is 0. The Labute approximate surface area is 132 Å². The van der Waals surface area contributed by atoms with Gasteiger partial charge < -0.3 is 9.73 Å². The number of benzene rings is 1. The lowest BCUT2D eigenvalue weighted by Crippen LogP contribution is -2.13. The van der Waals surface area contributed by atoms with Crippen molar-refractivity contribution in [1.82, 2.24) is 5.32 Å². The van der Waals surface area contributed by atoms with Gasteiger partial charge in [-0.3, -0.25) is 0 Å². The van der Waals surface area contributed by atoms with Crippen LogP contribution in [0.3, 0.4) is 0 Å². The highest BCUT2D eigenvalue weighted by molar-refractivity contribution is 6.30. The molecule has 0 unspecified atom stereocenters. The molecule has 0 aliphatic carbocycles. The lowest BCUT2D eigenvalue weighted by atomic mass is 10.2. The second-order valence-electron chi connectivity index (χ2n) is 4.20. The van der Waals surface area contributed by atoms with Crippen LogP contribution in [0.15, 0.2) is 63.5 Å². The first-order valence-corrected chi connectivity index (χ1v) is 6.71. The van der Waals surface area contributed by atoms with E-state index in [0.29, 0.717) is 17.3 Å². The van der Waals surface area contributed by atoms with Crippen molar-refractivity contribution in [2.45, 2.75) is 6.54 Å². The summed E-state index contributed by atoms with van der Waals surface area (Å²) in [5, 5.41) is 21.8. The normalized spacial score (nSPS) is 11.6. The molecule has 2 aromatic rings. The number of rotatable bonds is 5. The Morgan fingerprint density at radius 3 is 2.77 bits per heavy atom. The monoisotopic (exact) mass is 310 g/mol. The molecule has 0 aliphatic rings. The van der Waals surface area contributed by atoms with Crippen LogP contribution >= 0.6 is 11.6 Å². The van der Waals surface area contributed by atoms with Crippen LogP contribution < -0.4 is 5.32 Å². The number of allylic oxidation sites excluding steroid dienone is 2. The highest BCUT2D eigenvalue weighted by Crippen LogP contribution is 2.11. The van der Waals surface area contributed by atoms with E-state index in [1.165, 1.54) is 12.5 Å². The summed E-state index contributed by atoms with van der Waals surface area (Å²) < 4.78 is 5.08. The highest BCUT2D eigenvalue weighted by atomic mass is 35.5. The standard InChI is InChI=1S/C16H11ClN4O/c17-13-4-1-3-12(7-13)10-20-15(8-18)16(9-19)21-11-14-5-2-6-22-14/h1-7,11,20H,10H2. The average Bonchev–Trinajstić information content (AvgIpc) is 3.04. The molecule has 6 heteroatoms. The van der Waals surface area contributed by atoms with E-state index in [1.54, 1.807) is 24.3 Å². The lowest BCUT2D eigenvalue weighted by molar-refractivity contribution is 0.560. The second kappa shape index (κ2) is 7.68. The van der Waals surface area contributed by atoms with E-state index in [0.717, 1.165) is 5.56 Å². The number of halogens is 1. The summed E-state index contributed by atoms with van der Waals surface area (Å²) >= 11 is 5.90. The summed E-state index contributed by atoms with van der Waals surface area (Å²) in [6.45, 7) is 0.366. The van der Waals surface area contributed by atoms with Crippen LogP contribution in [-0.4, -0.2) is 6.21 Å². The summed E-state index contributed by atoms with van der Waals surface area (Å²) in [6, 6.07) is 14.5. The number of nitrogens with zero attached hydrogens (tertiary/aromatic N) is 3. The van der Waals surface area contributed by atoms with E-state index in [9.17, 15) is 5.26 Å². The molecule has 0 spiro atoms. The number of hydrogen-bond acceptors (Lipinski definition) is 5. The van der Waals surface area contributed by atoms with Crippen LogP contribution in [0.2, 0.25) is 5.02 Å². The summed E-state index contributed by atoms with van der Waals surface area (Å²) in [4.78, 5) is 3.97. The van der Waals surface area contributed by atoms with Crippen molar-refractivity contribution in [3.63, 3.8) is 0 Å². The molecule has 0 aliphatic heterocycles. The molecule has 2 rings (SSSR count). The molecule has 1 N–H and O–H groups in total. The van der Waals surface area contributed by atoms with Crippen LogP contribution in [0.4, 0.5) is 0 Å². The minimum atomic E-state index is -0.0130. The van der Waals surface area contributed by atoms with E-state index >= 15 is 0 Å². The van der Waals surface area contributed by atoms with Crippen molar-refractivity contribution in [3.05, 3.63) is 70.4 Å². The maximum atomic E-state index is 9.17. The van der Waals surface area contributed by atoms with E-state index in [-0.39, 0.29) is 11.4 Å². The third kappa shape index (κ3) is 4.24. The van der Waals surface area contributed by atoms with Gasteiger partial charge in [-0.05, 0) is 29.8 Å². The molecular weight excluding hydrogens is 300 g/mol. The molecule has 5 nitrogen and oxygen atoms in total. The van der Waals surface area contributed by atoms with Gasteiger partial charge in [-0.2, -0.15) is 10.5 Å². The first-order valence-electron chi connectivity index (χ1n) is 6.33. The van der Waals surface area contributed by atoms with E-state index in [2.05, 4.69) is 10.3 Å². The highest BCUT2D eigenvalue weighted by Gasteiger charge is 2.05. The van der Waals surface area contributed by atoms with Crippen LogP contribution in [0.1, 0.15) is 11.3 Å². The quantitative estimate of drug-likeness (QED) is 0.677. The lowest BCUT2D eigenvalue weighted by Gasteiger charge is -2.05. The Bertz CT molecular complexity index is 779. The maximum Gasteiger partial charge on any atom is 0.174 e. The van der Waals surface area contributed by atoms with E-state index < -0.39 is 0 Å². The Kier molecular flexibility index (Phi) is 5.37. The zero-order chi connectivity index (χ0) is 15.8. The van der Waals surface area contributed by atoms with Crippen LogP contribution in [0.5, 0.6) is 0 Å². The molecule has 1 aromatic carbocycles. The Morgan fingerprint density at radius 2 is 2.14 bits per heavy atom. The van der Waals surface area contributed by atoms with Gasteiger partial charge in [-0.25, -0.2) is 4.99 Å². The molecule has 22 heavy (non-hydrogen) atoms. The summed E-state index contributed by atoms with van der Waals surface area (Å²) in [6.07, 6.45) is 2.89. The first kappa shape index (κ1) is 15.4. The van der Waals surface area contributed by atoms with Crippen LogP contribution in [-0.2, 0) is 6.54 Å². The molecule has 1 heterocycles. The van der Waals surface area contributed by atoms with Crippen molar-refractivity contribution in [3.8, 4) is 12.1 Å². The van der Waals surface area contributed by atoms with Crippen molar-refractivity contribution in [2.24, 2.45) is 4.99 Å². The van der Waals surface area contributed by atoms with Gasteiger partial charge >= 0.3 is 0 Å². The van der Waals surface area contributed by atoms with Gasteiger partial charge in [0.2, 0.25) is 0 Å². The van der Waals surface area contributed by atoms with E-state index in [1.807, 2.05) is 24.3 Å².